The first kappa shape index (κ1) is 3.87. The van der Waals surface area contributed by atoms with E-state index in [1.54, 1.807) is 0 Å². The molecule has 0 aromatic rings. The van der Waals surface area contributed by atoms with Crippen LogP contribution in [0.25, 0.3) is 0 Å². The summed E-state index contributed by atoms with van der Waals surface area (Å²) in [6, 6.07) is 0. The van der Waals surface area contributed by atoms with E-state index in [-0.39, 0.29) is 6.40 Å². The first-order valence-corrected chi connectivity index (χ1v) is 2.60. The molecule has 0 radical (unpaired) electrons. The van der Waals surface area contributed by atoms with Crippen molar-refractivity contribution in [1.82, 2.24) is 5.32 Å². The first-order chi connectivity index (χ1) is 3.89. The molecule has 1 unspecified atom stereocenters. The zero-order valence-electron chi connectivity index (χ0n) is 5.31. The number of rotatable bonds is 0. The summed E-state index contributed by atoms with van der Waals surface area (Å²) < 4.78 is 12.3. The van der Waals surface area contributed by atoms with Crippen LogP contribution in [0.15, 0.2) is 0 Å². The lowest BCUT2D eigenvalue weighted by atomic mass is 10.5. The van der Waals surface area contributed by atoms with Crippen LogP contribution in [-0.4, -0.2) is 26.3 Å². The highest BCUT2D eigenvalue weighted by Crippen LogP contribution is 1.83. The predicted molar refractivity (Wildman–Crippen MR) is 28.3 cm³/mol. The van der Waals surface area contributed by atoms with E-state index in [9.17, 15) is 0 Å². The van der Waals surface area contributed by atoms with Crippen LogP contribution in [0.3, 0.4) is 0 Å². The molecule has 7 heavy (non-hydrogen) atoms. The van der Waals surface area contributed by atoms with E-state index in [0.717, 1.165) is 19.7 Å². The minimum atomic E-state index is -0.0579. The van der Waals surface area contributed by atoms with Crippen LogP contribution in [0.5, 0.6) is 0 Å². The third-order valence-corrected chi connectivity index (χ3v) is 0.948. The Morgan fingerprint density at radius 2 is 2.43 bits per heavy atom. The van der Waals surface area contributed by atoms with Gasteiger partial charge in [-0.25, -0.2) is 0 Å². The summed E-state index contributed by atoms with van der Waals surface area (Å²) in [6.07, 6.45) is -0.0579. The molecule has 0 bridgehead atoms. The molecular weight excluding hydrogens is 90.1 g/mol. The monoisotopic (exact) mass is 102 g/mol. The highest BCUT2D eigenvalue weighted by atomic mass is 16.5. The molecule has 0 spiro atoms. The minimum absolute atomic E-state index is 0.0579. The molecule has 2 nitrogen and oxygen atoms in total. The lowest BCUT2D eigenvalue weighted by molar-refractivity contribution is 0.151. The second-order valence-electron chi connectivity index (χ2n) is 1.57. The van der Waals surface area contributed by atoms with Crippen molar-refractivity contribution in [3.8, 4) is 0 Å². The van der Waals surface area contributed by atoms with Crippen molar-refractivity contribution < 1.29 is 6.11 Å². The van der Waals surface area contributed by atoms with Crippen molar-refractivity contribution in [2.24, 2.45) is 0 Å². The fourth-order valence-corrected chi connectivity index (χ4v) is 0.574. The van der Waals surface area contributed by atoms with Gasteiger partial charge in [-0.15, -0.1) is 0 Å². The molecule has 1 atom stereocenters. The molecule has 42 valence electrons. The molecule has 1 aliphatic rings. The lowest BCUT2D eigenvalue weighted by Gasteiger charge is -1.91. The fourth-order valence-electron chi connectivity index (χ4n) is 0.574. The highest BCUT2D eigenvalue weighted by molar-refractivity contribution is 4.50. The molecule has 1 N–H and O–H groups in total. The van der Waals surface area contributed by atoms with E-state index in [1.165, 1.54) is 0 Å². The molecular formula is C5H11NO. The number of hydrogen-bond acceptors (Lipinski definition) is 2. The van der Waals surface area contributed by atoms with Crippen LogP contribution in [0, 0.1) is 0 Å². The zero-order chi connectivity index (χ0) is 5.82. The minimum Gasteiger partial charge on any atom is -0.380 e. The Morgan fingerprint density at radius 1 is 1.43 bits per heavy atom. The summed E-state index contributed by atoms with van der Waals surface area (Å²) in [6.45, 7) is 3.03. The standard InChI is InChI=1S/C5H11NO/c1-2-6-3-5-7-4-1/h6H,1-5H2/i1D. The molecule has 0 aromatic carbocycles. The molecule has 2 heteroatoms. The Kier molecular flexibility index (Phi) is 1.65. The van der Waals surface area contributed by atoms with Crippen molar-refractivity contribution in [1.29, 1.82) is 0 Å². The van der Waals surface area contributed by atoms with E-state index in [4.69, 9.17) is 6.11 Å². The molecule has 0 aromatic heterocycles. The van der Waals surface area contributed by atoms with E-state index in [2.05, 4.69) is 5.32 Å². The van der Waals surface area contributed by atoms with Gasteiger partial charge in [0.15, 0.2) is 0 Å². The Hall–Kier alpha value is -0.0800. The summed E-state index contributed by atoms with van der Waals surface area (Å²) >= 11 is 0. The van der Waals surface area contributed by atoms with Gasteiger partial charge >= 0.3 is 0 Å². The van der Waals surface area contributed by atoms with Gasteiger partial charge in [0, 0.05) is 14.5 Å². The van der Waals surface area contributed by atoms with Crippen LogP contribution < -0.4 is 5.32 Å². The Labute approximate surface area is 45.3 Å². The number of ether oxygens (including phenoxy) is 1. The van der Waals surface area contributed by atoms with Gasteiger partial charge in [-0.1, -0.05) is 0 Å². The van der Waals surface area contributed by atoms with Crippen LogP contribution in [0.4, 0.5) is 0 Å². The topological polar surface area (TPSA) is 21.3 Å². The summed E-state index contributed by atoms with van der Waals surface area (Å²) in [5, 5.41) is 3.08. The largest absolute Gasteiger partial charge is 0.380 e. The van der Waals surface area contributed by atoms with Gasteiger partial charge in [0.05, 0.1) is 6.61 Å². The van der Waals surface area contributed by atoms with Crippen LogP contribution in [0.1, 0.15) is 7.77 Å². The van der Waals surface area contributed by atoms with Gasteiger partial charge < -0.3 is 10.1 Å². The molecule has 1 rings (SSSR count). The number of nitrogens with one attached hydrogen (secondary N) is 1. The SMILES string of the molecule is [2H]C1CNCCOC1. The van der Waals surface area contributed by atoms with E-state index in [0.29, 0.717) is 6.61 Å². The maximum Gasteiger partial charge on any atom is 0.0590 e. The predicted octanol–water partition coefficient (Wildman–Crippen LogP) is -0.00370. The van der Waals surface area contributed by atoms with E-state index in [1.807, 2.05) is 0 Å². The van der Waals surface area contributed by atoms with E-state index >= 15 is 0 Å². The van der Waals surface area contributed by atoms with Crippen LogP contribution in [-0.2, 0) is 4.74 Å². The Morgan fingerprint density at radius 3 is 3.43 bits per heavy atom. The smallest absolute Gasteiger partial charge is 0.0590 e. The zero-order valence-corrected chi connectivity index (χ0v) is 4.31. The molecule has 1 aliphatic heterocycles. The molecule has 1 saturated heterocycles. The number of hydrogen-bond donors (Lipinski definition) is 1. The molecule has 0 saturated carbocycles. The van der Waals surface area contributed by atoms with Crippen molar-refractivity contribution in [3.05, 3.63) is 0 Å². The normalized spacial score (nSPS) is 36.6. The van der Waals surface area contributed by atoms with Crippen molar-refractivity contribution in [2.45, 2.75) is 6.40 Å². The lowest BCUT2D eigenvalue weighted by Crippen LogP contribution is -2.15. The summed E-state index contributed by atoms with van der Waals surface area (Å²) in [5.41, 5.74) is 0. The third-order valence-electron chi connectivity index (χ3n) is 0.948. The maximum absolute atomic E-state index is 7.22. The third kappa shape index (κ3) is 1.90. The maximum atomic E-state index is 7.22. The quantitative estimate of drug-likeness (QED) is 0.464. The Balaban J connectivity index is 2.17. The Bertz CT molecular complexity index is 61.4. The van der Waals surface area contributed by atoms with Crippen molar-refractivity contribution in [3.63, 3.8) is 0 Å². The van der Waals surface area contributed by atoms with Crippen molar-refractivity contribution in [2.75, 3.05) is 26.3 Å². The van der Waals surface area contributed by atoms with Gasteiger partial charge in [-0.3, -0.25) is 0 Å². The van der Waals surface area contributed by atoms with Gasteiger partial charge in [0.25, 0.3) is 0 Å². The molecule has 0 aliphatic carbocycles. The van der Waals surface area contributed by atoms with Crippen LogP contribution >= 0.6 is 0 Å². The second-order valence-corrected chi connectivity index (χ2v) is 1.57. The summed E-state index contributed by atoms with van der Waals surface area (Å²) in [7, 11) is 0. The van der Waals surface area contributed by atoms with Gasteiger partial charge in [-0.2, -0.15) is 0 Å². The highest BCUT2D eigenvalue weighted by Gasteiger charge is 1.93. The van der Waals surface area contributed by atoms with Gasteiger partial charge in [-0.05, 0) is 12.9 Å². The average molecular weight is 102 g/mol. The summed E-state index contributed by atoms with van der Waals surface area (Å²) in [5.74, 6) is 0. The van der Waals surface area contributed by atoms with Gasteiger partial charge in [0.1, 0.15) is 0 Å². The van der Waals surface area contributed by atoms with E-state index < -0.39 is 0 Å². The second kappa shape index (κ2) is 2.99. The average Bonchev–Trinajstić information content (AvgIpc) is 1.94. The van der Waals surface area contributed by atoms with Crippen molar-refractivity contribution >= 4 is 0 Å². The molecule has 1 fully saturated rings. The molecule has 1 heterocycles. The van der Waals surface area contributed by atoms with Crippen LogP contribution in [0.2, 0.25) is 0 Å². The van der Waals surface area contributed by atoms with Gasteiger partial charge in [0.2, 0.25) is 0 Å². The first-order valence-electron chi connectivity index (χ1n) is 3.18. The fraction of sp³-hybridized carbons (Fsp3) is 1.00. The molecule has 0 amide bonds. The summed E-state index contributed by atoms with van der Waals surface area (Å²) in [4.78, 5) is 0.